The van der Waals surface area contributed by atoms with Crippen molar-refractivity contribution in [3.05, 3.63) is 60.4 Å². The van der Waals surface area contributed by atoms with E-state index in [-0.39, 0.29) is 30.8 Å². The van der Waals surface area contributed by atoms with E-state index < -0.39 is 0 Å². The summed E-state index contributed by atoms with van der Waals surface area (Å²) in [7, 11) is 0. The van der Waals surface area contributed by atoms with Crippen LogP contribution in [0.5, 0.6) is 0 Å². The van der Waals surface area contributed by atoms with Gasteiger partial charge in [-0.3, -0.25) is 4.99 Å². The van der Waals surface area contributed by atoms with Crippen molar-refractivity contribution in [2.75, 3.05) is 6.61 Å². The fourth-order valence-corrected chi connectivity index (χ4v) is 3.40. The number of esters is 1. The SMILES string of the molecule is CCCCCCCCCCCCOC(=O)C[n+]1cccc(C([O-])=Nc2ccccc2)c1.Cl. The van der Waals surface area contributed by atoms with E-state index in [9.17, 15) is 9.90 Å². The first-order valence-electron chi connectivity index (χ1n) is 11.6. The fourth-order valence-electron chi connectivity index (χ4n) is 3.40. The zero-order valence-electron chi connectivity index (χ0n) is 19.2. The summed E-state index contributed by atoms with van der Waals surface area (Å²) < 4.78 is 7.01. The van der Waals surface area contributed by atoms with Gasteiger partial charge in [-0.05, 0) is 24.6 Å². The van der Waals surface area contributed by atoms with Crippen molar-refractivity contribution in [2.24, 2.45) is 4.99 Å². The second-order valence-corrected chi connectivity index (χ2v) is 7.92. The molecule has 0 saturated carbocycles. The van der Waals surface area contributed by atoms with Gasteiger partial charge in [-0.1, -0.05) is 82.9 Å². The smallest absolute Gasteiger partial charge is 0.372 e. The number of aromatic nitrogens is 1. The molecule has 5 nitrogen and oxygen atoms in total. The summed E-state index contributed by atoms with van der Waals surface area (Å²) in [4.78, 5) is 16.2. The predicted octanol–water partition coefficient (Wildman–Crippen LogP) is 5.30. The first-order chi connectivity index (χ1) is 15.2. The Kier molecular flexibility index (Phi) is 14.8. The highest BCUT2D eigenvalue weighted by molar-refractivity contribution is 5.91. The standard InChI is InChI=1S/C26H36N2O3.ClH/c1-2-3-4-5-6-7-8-9-10-14-20-31-25(29)22-28-19-15-16-23(21-28)26(30)27-24-17-12-11-13-18-24;/h11-13,15-19,21H,2-10,14,20,22H2,1H3;1H. The van der Waals surface area contributed by atoms with Gasteiger partial charge in [0, 0.05) is 17.5 Å². The highest BCUT2D eigenvalue weighted by Gasteiger charge is 2.11. The number of aliphatic imine (C=N–C) groups is 1. The lowest BCUT2D eigenvalue weighted by molar-refractivity contribution is -0.686. The summed E-state index contributed by atoms with van der Waals surface area (Å²) in [5, 5.41) is 12.3. The van der Waals surface area contributed by atoms with Crippen LogP contribution in [0.2, 0.25) is 0 Å². The maximum atomic E-state index is 12.3. The second-order valence-electron chi connectivity index (χ2n) is 7.92. The summed E-state index contributed by atoms with van der Waals surface area (Å²) in [6.07, 6.45) is 15.9. The van der Waals surface area contributed by atoms with E-state index in [2.05, 4.69) is 11.9 Å². The Morgan fingerprint density at radius 1 is 0.906 bits per heavy atom. The van der Waals surface area contributed by atoms with Crippen LogP contribution < -0.4 is 9.67 Å². The molecule has 0 saturated heterocycles. The molecule has 6 heteroatoms. The molecule has 0 aliphatic heterocycles. The molecular weight excluding hydrogens is 424 g/mol. The number of pyridine rings is 1. The monoisotopic (exact) mass is 460 g/mol. The molecule has 32 heavy (non-hydrogen) atoms. The number of nitrogens with zero attached hydrogens (tertiary/aromatic N) is 2. The van der Waals surface area contributed by atoms with Gasteiger partial charge in [0.1, 0.15) is 0 Å². The van der Waals surface area contributed by atoms with Crippen LogP contribution in [0.1, 0.15) is 76.7 Å². The van der Waals surface area contributed by atoms with Gasteiger partial charge in [0.05, 0.1) is 12.3 Å². The molecule has 0 unspecified atom stereocenters. The number of carbonyl (C=O) groups excluding carboxylic acids is 1. The maximum Gasteiger partial charge on any atom is 0.372 e. The molecule has 0 atom stereocenters. The van der Waals surface area contributed by atoms with Crippen LogP contribution in [-0.2, 0) is 16.1 Å². The van der Waals surface area contributed by atoms with Gasteiger partial charge in [-0.25, -0.2) is 4.79 Å². The molecule has 0 fully saturated rings. The molecule has 0 bridgehead atoms. The fraction of sp³-hybridized carbons (Fsp3) is 0.500. The number of halogens is 1. The summed E-state index contributed by atoms with van der Waals surface area (Å²) >= 11 is 0. The Balaban J connectivity index is 0.00000512. The molecule has 2 aromatic rings. The van der Waals surface area contributed by atoms with Crippen LogP contribution in [0.25, 0.3) is 0 Å². The van der Waals surface area contributed by atoms with Crippen molar-refractivity contribution in [3.63, 3.8) is 0 Å². The lowest BCUT2D eigenvalue weighted by atomic mass is 10.1. The molecule has 176 valence electrons. The molecule has 2 rings (SSSR count). The number of hydrogen-bond acceptors (Lipinski definition) is 4. The van der Waals surface area contributed by atoms with Crippen molar-refractivity contribution in [1.82, 2.24) is 0 Å². The molecule has 0 N–H and O–H groups in total. The largest absolute Gasteiger partial charge is 0.858 e. The zero-order valence-corrected chi connectivity index (χ0v) is 20.0. The van der Waals surface area contributed by atoms with Gasteiger partial charge in [0.2, 0.25) is 6.54 Å². The number of ether oxygens (including phenoxy) is 1. The van der Waals surface area contributed by atoms with Crippen molar-refractivity contribution < 1.29 is 19.2 Å². The molecule has 0 spiro atoms. The Morgan fingerprint density at radius 2 is 1.53 bits per heavy atom. The first kappa shape index (κ1) is 27.6. The van der Waals surface area contributed by atoms with E-state index in [1.165, 1.54) is 51.4 Å². The van der Waals surface area contributed by atoms with Crippen LogP contribution in [0.4, 0.5) is 5.69 Å². The van der Waals surface area contributed by atoms with E-state index in [0.29, 0.717) is 17.9 Å². The molecule has 0 aliphatic rings. The topological polar surface area (TPSA) is 65.6 Å². The average molecular weight is 461 g/mol. The molecule has 0 amide bonds. The minimum Gasteiger partial charge on any atom is -0.858 e. The van der Waals surface area contributed by atoms with E-state index in [4.69, 9.17) is 4.74 Å². The third-order valence-corrected chi connectivity index (χ3v) is 5.16. The normalized spacial score (nSPS) is 11.1. The van der Waals surface area contributed by atoms with Crippen molar-refractivity contribution in [2.45, 2.75) is 77.7 Å². The number of para-hydroxylation sites is 1. The average Bonchev–Trinajstić information content (AvgIpc) is 2.78. The van der Waals surface area contributed by atoms with E-state index in [1.807, 2.05) is 18.2 Å². The van der Waals surface area contributed by atoms with Crippen molar-refractivity contribution >= 4 is 30.0 Å². The van der Waals surface area contributed by atoms with Crippen LogP contribution in [-0.4, -0.2) is 18.5 Å². The van der Waals surface area contributed by atoms with Crippen LogP contribution in [0.3, 0.4) is 0 Å². The van der Waals surface area contributed by atoms with Crippen molar-refractivity contribution in [3.8, 4) is 0 Å². The molecule has 1 heterocycles. The predicted molar refractivity (Wildman–Crippen MR) is 129 cm³/mol. The molecule has 1 aromatic carbocycles. The Bertz CT molecular complexity index is 797. The van der Waals surface area contributed by atoms with Crippen molar-refractivity contribution in [1.29, 1.82) is 0 Å². The molecule has 0 radical (unpaired) electrons. The third kappa shape index (κ3) is 11.8. The van der Waals surface area contributed by atoms with Gasteiger partial charge < -0.3 is 9.84 Å². The van der Waals surface area contributed by atoms with E-state index in [0.717, 1.165) is 12.8 Å². The van der Waals surface area contributed by atoms with Gasteiger partial charge in [0.15, 0.2) is 12.4 Å². The highest BCUT2D eigenvalue weighted by atomic mass is 35.5. The maximum absolute atomic E-state index is 12.3. The highest BCUT2D eigenvalue weighted by Crippen LogP contribution is 2.11. The zero-order chi connectivity index (χ0) is 22.2. The number of hydrogen-bond donors (Lipinski definition) is 0. The summed E-state index contributed by atoms with van der Waals surface area (Å²) in [6, 6.07) is 12.5. The first-order valence-corrected chi connectivity index (χ1v) is 11.6. The third-order valence-electron chi connectivity index (χ3n) is 5.16. The van der Waals surface area contributed by atoms with Gasteiger partial charge in [0.25, 0.3) is 0 Å². The minimum absolute atomic E-state index is 0. The Labute approximate surface area is 199 Å². The van der Waals surface area contributed by atoms with E-state index >= 15 is 0 Å². The molecular formula is C26H37ClN2O3. The van der Waals surface area contributed by atoms with Crippen LogP contribution >= 0.6 is 12.4 Å². The molecule has 1 aromatic heterocycles. The van der Waals surface area contributed by atoms with E-state index in [1.54, 1.807) is 41.2 Å². The molecule has 0 aliphatic carbocycles. The number of rotatable bonds is 15. The summed E-state index contributed by atoms with van der Waals surface area (Å²) in [6.45, 7) is 2.79. The lowest BCUT2D eigenvalue weighted by Crippen LogP contribution is -2.39. The summed E-state index contributed by atoms with van der Waals surface area (Å²) in [5.41, 5.74) is 1.05. The van der Waals surface area contributed by atoms with Crippen LogP contribution in [0.15, 0.2) is 59.9 Å². The summed E-state index contributed by atoms with van der Waals surface area (Å²) in [5.74, 6) is -0.621. The van der Waals surface area contributed by atoms with Gasteiger partial charge >= 0.3 is 5.97 Å². The quantitative estimate of drug-likeness (QED) is 0.119. The number of unbranched alkanes of at least 4 members (excludes halogenated alkanes) is 9. The van der Waals surface area contributed by atoms with Crippen LogP contribution in [0, 0.1) is 0 Å². The minimum atomic E-state index is -0.334. The lowest BCUT2D eigenvalue weighted by Gasteiger charge is -2.09. The van der Waals surface area contributed by atoms with Gasteiger partial charge in [-0.2, -0.15) is 4.57 Å². The Hall–Kier alpha value is -2.40. The number of benzene rings is 1. The second kappa shape index (κ2) is 17.2. The number of carbonyl (C=O) groups is 1. The Morgan fingerprint density at radius 3 is 2.19 bits per heavy atom. The van der Waals surface area contributed by atoms with Gasteiger partial charge in [-0.15, -0.1) is 12.4 Å².